The smallest absolute Gasteiger partial charge is 0.126 e. The highest BCUT2D eigenvalue weighted by Crippen LogP contribution is 2.32. The highest BCUT2D eigenvalue weighted by molar-refractivity contribution is 5.52. The highest BCUT2D eigenvalue weighted by atomic mass is 14.9. The van der Waals surface area contributed by atoms with Crippen molar-refractivity contribution in [3.63, 3.8) is 0 Å². The van der Waals surface area contributed by atoms with Gasteiger partial charge in [0.25, 0.3) is 0 Å². The molecule has 0 fully saturated rings. The van der Waals surface area contributed by atoms with E-state index in [1.807, 2.05) is 7.05 Å². The number of hydrogen-bond acceptors (Lipinski definition) is 3. The minimum atomic E-state index is 0.491. The number of nitrogen functional groups attached to an aromatic ring is 1. The molecule has 3 nitrogen and oxygen atoms in total. The monoisotopic (exact) mass is 207 g/mol. The van der Waals surface area contributed by atoms with Gasteiger partial charge in [0.2, 0.25) is 0 Å². The third-order valence-electron chi connectivity index (χ3n) is 2.88. The Hall–Kier alpha value is -1.25. The summed E-state index contributed by atoms with van der Waals surface area (Å²) in [6.45, 7) is 6.63. The molecule has 0 aromatic carbocycles. The van der Waals surface area contributed by atoms with E-state index in [1.165, 1.54) is 5.56 Å². The SMILES string of the molecule is CCC(c1cc(NC)cnc1N)C(C)C. The van der Waals surface area contributed by atoms with Gasteiger partial charge >= 0.3 is 0 Å². The zero-order chi connectivity index (χ0) is 11.4. The van der Waals surface area contributed by atoms with Gasteiger partial charge in [-0.3, -0.25) is 0 Å². The molecule has 0 amide bonds. The number of nitrogens with zero attached hydrogens (tertiary/aromatic N) is 1. The minimum absolute atomic E-state index is 0.491. The number of nitrogens with one attached hydrogen (secondary N) is 1. The maximum Gasteiger partial charge on any atom is 0.126 e. The van der Waals surface area contributed by atoms with Crippen molar-refractivity contribution in [3.8, 4) is 0 Å². The van der Waals surface area contributed by atoms with Crippen LogP contribution in [0.1, 0.15) is 38.7 Å². The fourth-order valence-electron chi connectivity index (χ4n) is 1.98. The zero-order valence-electron chi connectivity index (χ0n) is 10.0. The molecule has 15 heavy (non-hydrogen) atoms. The maximum atomic E-state index is 5.92. The summed E-state index contributed by atoms with van der Waals surface area (Å²) in [6, 6.07) is 2.11. The molecule has 0 radical (unpaired) electrons. The van der Waals surface area contributed by atoms with Crippen molar-refractivity contribution >= 4 is 11.5 Å². The van der Waals surface area contributed by atoms with Crippen molar-refractivity contribution in [3.05, 3.63) is 17.8 Å². The van der Waals surface area contributed by atoms with E-state index >= 15 is 0 Å². The predicted octanol–water partition coefficient (Wildman–Crippen LogP) is 2.86. The average Bonchev–Trinajstić information content (AvgIpc) is 2.21. The summed E-state index contributed by atoms with van der Waals surface area (Å²) in [4.78, 5) is 4.22. The van der Waals surface area contributed by atoms with E-state index in [4.69, 9.17) is 5.73 Å². The van der Waals surface area contributed by atoms with Gasteiger partial charge < -0.3 is 11.1 Å². The van der Waals surface area contributed by atoms with Crippen molar-refractivity contribution < 1.29 is 0 Å². The van der Waals surface area contributed by atoms with E-state index < -0.39 is 0 Å². The van der Waals surface area contributed by atoms with Crippen LogP contribution in [0.3, 0.4) is 0 Å². The van der Waals surface area contributed by atoms with Gasteiger partial charge in [-0.25, -0.2) is 4.98 Å². The molecular weight excluding hydrogens is 186 g/mol. The van der Waals surface area contributed by atoms with Crippen LogP contribution < -0.4 is 11.1 Å². The number of rotatable bonds is 4. The van der Waals surface area contributed by atoms with Gasteiger partial charge in [0, 0.05) is 7.05 Å². The lowest BCUT2D eigenvalue weighted by Gasteiger charge is -2.21. The Balaban J connectivity index is 3.09. The predicted molar refractivity (Wildman–Crippen MR) is 66.1 cm³/mol. The lowest BCUT2D eigenvalue weighted by Crippen LogP contribution is -2.10. The number of nitrogens with two attached hydrogens (primary N) is 1. The van der Waals surface area contributed by atoms with Crippen LogP contribution in [0.5, 0.6) is 0 Å². The van der Waals surface area contributed by atoms with Crippen LogP contribution in [-0.4, -0.2) is 12.0 Å². The van der Waals surface area contributed by atoms with Crippen molar-refractivity contribution in [2.24, 2.45) is 5.92 Å². The van der Waals surface area contributed by atoms with Crippen LogP contribution in [0.4, 0.5) is 11.5 Å². The minimum Gasteiger partial charge on any atom is -0.387 e. The molecule has 0 aliphatic heterocycles. The topological polar surface area (TPSA) is 50.9 Å². The van der Waals surface area contributed by atoms with Gasteiger partial charge in [0.05, 0.1) is 11.9 Å². The molecule has 84 valence electrons. The largest absolute Gasteiger partial charge is 0.387 e. The summed E-state index contributed by atoms with van der Waals surface area (Å²) in [6.07, 6.45) is 2.86. The molecule has 1 heterocycles. The third-order valence-corrected chi connectivity index (χ3v) is 2.88. The molecule has 1 aromatic rings. The molecule has 3 heteroatoms. The second-order valence-electron chi connectivity index (χ2n) is 4.21. The van der Waals surface area contributed by atoms with Crippen molar-refractivity contribution in [1.82, 2.24) is 4.98 Å². The quantitative estimate of drug-likeness (QED) is 0.798. The van der Waals surface area contributed by atoms with Crippen LogP contribution in [0.15, 0.2) is 12.3 Å². The van der Waals surface area contributed by atoms with E-state index in [1.54, 1.807) is 6.20 Å². The Labute approximate surface area is 92.1 Å². The molecule has 1 unspecified atom stereocenters. The van der Waals surface area contributed by atoms with Crippen molar-refractivity contribution in [2.45, 2.75) is 33.1 Å². The molecule has 0 saturated heterocycles. The Morgan fingerprint density at radius 3 is 2.60 bits per heavy atom. The van der Waals surface area contributed by atoms with Crippen LogP contribution in [0.25, 0.3) is 0 Å². The maximum absolute atomic E-state index is 5.92. The van der Waals surface area contributed by atoms with Gasteiger partial charge in [-0.1, -0.05) is 20.8 Å². The summed E-state index contributed by atoms with van der Waals surface area (Å²) >= 11 is 0. The molecular formula is C12H21N3. The second-order valence-corrected chi connectivity index (χ2v) is 4.21. The molecule has 0 saturated carbocycles. The number of hydrogen-bond donors (Lipinski definition) is 2. The fraction of sp³-hybridized carbons (Fsp3) is 0.583. The number of anilines is 2. The van der Waals surface area contributed by atoms with Crippen molar-refractivity contribution in [1.29, 1.82) is 0 Å². The van der Waals surface area contributed by atoms with E-state index in [0.29, 0.717) is 17.7 Å². The first kappa shape index (κ1) is 11.8. The Morgan fingerprint density at radius 2 is 2.13 bits per heavy atom. The third kappa shape index (κ3) is 2.61. The van der Waals surface area contributed by atoms with E-state index in [2.05, 4.69) is 37.1 Å². The standard InChI is InChI=1S/C12H21N3/c1-5-10(8(2)3)11-6-9(14-4)7-15-12(11)13/h6-8,10,14H,5H2,1-4H3,(H2,13,15). The Morgan fingerprint density at radius 1 is 1.47 bits per heavy atom. The summed E-state index contributed by atoms with van der Waals surface area (Å²) in [5.41, 5.74) is 8.11. The Kier molecular flexibility index (Phi) is 3.95. The Bertz CT molecular complexity index is 321. The molecule has 1 atom stereocenters. The molecule has 0 spiro atoms. The average molecular weight is 207 g/mol. The lowest BCUT2D eigenvalue weighted by molar-refractivity contribution is 0.485. The lowest BCUT2D eigenvalue weighted by atomic mass is 9.86. The van der Waals surface area contributed by atoms with Crippen LogP contribution >= 0.6 is 0 Å². The van der Waals surface area contributed by atoms with Crippen LogP contribution in [-0.2, 0) is 0 Å². The van der Waals surface area contributed by atoms with E-state index in [-0.39, 0.29) is 0 Å². The molecule has 3 N–H and O–H groups in total. The van der Waals surface area contributed by atoms with Crippen molar-refractivity contribution in [2.75, 3.05) is 18.1 Å². The summed E-state index contributed by atoms with van der Waals surface area (Å²) in [5.74, 6) is 1.74. The van der Waals surface area contributed by atoms with Gasteiger partial charge in [0.15, 0.2) is 0 Å². The summed E-state index contributed by atoms with van der Waals surface area (Å²) in [7, 11) is 1.90. The second kappa shape index (κ2) is 5.01. The molecule has 1 aromatic heterocycles. The molecule has 1 rings (SSSR count). The molecule has 0 aliphatic carbocycles. The van der Waals surface area contributed by atoms with E-state index in [9.17, 15) is 0 Å². The van der Waals surface area contributed by atoms with Crippen LogP contribution in [0, 0.1) is 5.92 Å². The van der Waals surface area contributed by atoms with Gasteiger partial charge in [-0.05, 0) is 29.9 Å². The molecule has 0 aliphatic rings. The molecule has 0 bridgehead atoms. The van der Waals surface area contributed by atoms with Crippen LogP contribution in [0.2, 0.25) is 0 Å². The van der Waals surface area contributed by atoms with Gasteiger partial charge in [-0.15, -0.1) is 0 Å². The first-order valence-corrected chi connectivity index (χ1v) is 5.53. The van der Waals surface area contributed by atoms with Gasteiger partial charge in [-0.2, -0.15) is 0 Å². The fourth-order valence-corrected chi connectivity index (χ4v) is 1.98. The number of pyridine rings is 1. The first-order chi connectivity index (χ1) is 7.10. The normalized spacial score (nSPS) is 12.9. The highest BCUT2D eigenvalue weighted by Gasteiger charge is 2.17. The van der Waals surface area contributed by atoms with E-state index in [0.717, 1.165) is 12.1 Å². The summed E-state index contributed by atoms with van der Waals surface area (Å²) < 4.78 is 0. The number of aromatic nitrogens is 1. The summed E-state index contributed by atoms with van der Waals surface area (Å²) in [5, 5.41) is 3.09. The zero-order valence-corrected chi connectivity index (χ0v) is 10.0. The van der Waals surface area contributed by atoms with Gasteiger partial charge in [0.1, 0.15) is 5.82 Å². The first-order valence-electron chi connectivity index (χ1n) is 5.53.